The number of nitrogens with one attached hydrogen (secondary N) is 3. The SMILES string of the molecule is CCc1nn2cc(CN3CC(Nc4ccc(C(=O)NC)nc4C)C3)cc2[nH]c1=O. The number of aromatic amines is 1. The van der Waals surface area contributed by atoms with Crippen LogP contribution in [0.4, 0.5) is 5.69 Å². The molecular weight excluding hydrogens is 370 g/mol. The summed E-state index contributed by atoms with van der Waals surface area (Å²) in [6.07, 6.45) is 2.58. The van der Waals surface area contributed by atoms with Crippen molar-refractivity contribution in [3.8, 4) is 0 Å². The molecule has 0 aliphatic carbocycles. The standard InChI is InChI=1S/C20H25N7O2/c1-4-15-20(29)24-18-7-13(9-27(18)25-15)8-26-10-14(11-26)23-16-5-6-17(19(28)21-3)22-12(16)2/h5-7,9,14,23H,4,8,10-11H2,1-3H3,(H,21,28)(H,24,29). The Morgan fingerprint density at radius 1 is 1.34 bits per heavy atom. The van der Waals surface area contributed by atoms with E-state index >= 15 is 0 Å². The van der Waals surface area contributed by atoms with Crippen molar-refractivity contribution in [3.63, 3.8) is 0 Å². The number of likely N-dealkylation sites (tertiary alicyclic amines) is 1. The van der Waals surface area contributed by atoms with Crippen LogP contribution in [0.2, 0.25) is 0 Å². The number of rotatable bonds is 6. The molecule has 4 rings (SSSR count). The molecule has 1 aliphatic heterocycles. The minimum atomic E-state index is -0.184. The summed E-state index contributed by atoms with van der Waals surface area (Å²) in [5.74, 6) is -0.184. The molecule has 1 aliphatic rings. The number of carbonyl (C=O) groups excluding carboxylic acids is 1. The van der Waals surface area contributed by atoms with Gasteiger partial charge in [0.05, 0.1) is 17.4 Å². The number of hydrogen-bond acceptors (Lipinski definition) is 6. The third-order valence-electron chi connectivity index (χ3n) is 5.19. The van der Waals surface area contributed by atoms with Crippen LogP contribution in [0, 0.1) is 6.92 Å². The fraction of sp³-hybridized carbons (Fsp3) is 0.400. The van der Waals surface area contributed by atoms with Crippen LogP contribution < -0.4 is 16.2 Å². The Balaban J connectivity index is 1.35. The second-order valence-electron chi connectivity index (χ2n) is 7.38. The molecule has 3 aromatic heterocycles. The first-order valence-corrected chi connectivity index (χ1v) is 9.76. The summed E-state index contributed by atoms with van der Waals surface area (Å²) in [6.45, 7) is 6.44. The Morgan fingerprint density at radius 3 is 2.83 bits per heavy atom. The van der Waals surface area contributed by atoms with Crippen molar-refractivity contribution in [3.05, 3.63) is 57.4 Å². The third kappa shape index (κ3) is 3.86. The summed E-state index contributed by atoms with van der Waals surface area (Å²) in [5, 5.41) is 10.5. The number of amides is 1. The molecule has 1 fully saturated rings. The van der Waals surface area contributed by atoms with Gasteiger partial charge in [0.25, 0.3) is 11.5 Å². The second kappa shape index (κ2) is 7.67. The number of hydrogen-bond donors (Lipinski definition) is 3. The Labute approximate surface area is 168 Å². The Kier molecular flexibility index (Phi) is 5.06. The fourth-order valence-electron chi connectivity index (χ4n) is 3.60. The molecule has 9 heteroatoms. The molecule has 0 unspecified atom stereocenters. The lowest BCUT2D eigenvalue weighted by atomic mass is 10.1. The molecule has 3 N–H and O–H groups in total. The van der Waals surface area contributed by atoms with Crippen molar-refractivity contribution in [2.45, 2.75) is 32.9 Å². The minimum Gasteiger partial charge on any atom is -0.378 e. The molecule has 0 spiro atoms. The average Bonchev–Trinajstić information content (AvgIpc) is 3.07. The second-order valence-corrected chi connectivity index (χ2v) is 7.38. The van der Waals surface area contributed by atoms with Crippen molar-refractivity contribution >= 4 is 17.2 Å². The van der Waals surface area contributed by atoms with Crippen LogP contribution in [-0.4, -0.2) is 56.6 Å². The quantitative estimate of drug-likeness (QED) is 0.574. The first-order valence-electron chi connectivity index (χ1n) is 9.76. The summed E-state index contributed by atoms with van der Waals surface area (Å²) in [4.78, 5) is 33.1. The third-order valence-corrected chi connectivity index (χ3v) is 5.19. The van der Waals surface area contributed by atoms with Gasteiger partial charge < -0.3 is 15.6 Å². The van der Waals surface area contributed by atoms with Gasteiger partial charge in [-0.2, -0.15) is 5.10 Å². The molecule has 29 heavy (non-hydrogen) atoms. The number of anilines is 1. The number of pyridine rings is 1. The monoisotopic (exact) mass is 395 g/mol. The zero-order valence-electron chi connectivity index (χ0n) is 16.8. The maximum atomic E-state index is 11.9. The van der Waals surface area contributed by atoms with Crippen molar-refractivity contribution in [2.75, 3.05) is 25.5 Å². The van der Waals surface area contributed by atoms with Crippen molar-refractivity contribution in [1.29, 1.82) is 0 Å². The Hall–Kier alpha value is -3.20. The van der Waals surface area contributed by atoms with Crippen LogP contribution in [-0.2, 0) is 13.0 Å². The number of aryl methyl sites for hydroxylation is 2. The number of aromatic nitrogens is 4. The van der Waals surface area contributed by atoms with Crippen LogP contribution >= 0.6 is 0 Å². The summed E-state index contributed by atoms with van der Waals surface area (Å²) in [6, 6.07) is 5.95. The molecule has 3 aromatic rings. The highest BCUT2D eigenvalue weighted by Crippen LogP contribution is 2.20. The summed E-state index contributed by atoms with van der Waals surface area (Å²) < 4.78 is 1.74. The Bertz CT molecular complexity index is 1110. The van der Waals surface area contributed by atoms with Crippen molar-refractivity contribution < 1.29 is 4.79 Å². The molecule has 0 aromatic carbocycles. The average molecular weight is 395 g/mol. The summed E-state index contributed by atoms with van der Waals surface area (Å²) >= 11 is 0. The van der Waals surface area contributed by atoms with Crippen molar-refractivity contribution in [1.82, 2.24) is 29.8 Å². The van der Waals surface area contributed by atoms with Gasteiger partial charge in [-0.05, 0) is 37.1 Å². The zero-order chi connectivity index (χ0) is 20.5. The molecule has 1 amide bonds. The molecule has 0 bridgehead atoms. The largest absolute Gasteiger partial charge is 0.378 e. The van der Waals surface area contributed by atoms with E-state index in [-0.39, 0.29) is 11.5 Å². The lowest BCUT2D eigenvalue weighted by Gasteiger charge is -2.40. The van der Waals surface area contributed by atoms with Gasteiger partial charge in [-0.3, -0.25) is 14.5 Å². The topological polar surface area (TPSA) is 107 Å². The molecule has 0 saturated carbocycles. The smallest absolute Gasteiger partial charge is 0.273 e. The van der Waals surface area contributed by atoms with Crippen LogP contribution in [0.25, 0.3) is 5.65 Å². The van der Waals surface area contributed by atoms with E-state index in [0.29, 0.717) is 23.9 Å². The first kappa shape index (κ1) is 19.1. The van der Waals surface area contributed by atoms with E-state index in [1.807, 2.05) is 32.2 Å². The predicted molar refractivity (Wildman–Crippen MR) is 110 cm³/mol. The highest BCUT2D eigenvalue weighted by molar-refractivity contribution is 5.92. The van der Waals surface area contributed by atoms with Gasteiger partial charge in [0.15, 0.2) is 0 Å². The van der Waals surface area contributed by atoms with Gasteiger partial charge in [-0.15, -0.1) is 0 Å². The maximum absolute atomic E-state index is 11.9. The van der Waals surface area contributed by atoms with Crippen molar-refractivity contribution in [2.24, 2.45) is 0 Å². The molecule has 0 radical (unpaired) electrons. The Morgan fingerprint density at radius 2 is 2.14 bits per heavy atom. The lowest BCUT2D eigenvalue weighted by molar-refractivity contribution is 0.0958. The van der Waals surface area contributed by atoms with E-state index in [1.165, 1.54) is 0 Å². The van der Waals surface area contributed by atoms with E-state index in [0.717, 1.165) is 42.2 Å². The minimum absolute atomic E-state index is 0.121. The molecule has 1 saturated heterocycles. The molecule has 4 heterocycles. The van der Waals surface area contributed by atoms with Crippen LogP contribution in [0.15, 0.2) is 29.2 Å². The maximum Gasteiger partial charge on any atom is 0.273 e. The van der Waals surface area contributed by atoms with Crippen LogP contribution in [0.3, 0.4) is 0 Å². The van der Waals surface area contributed by atoms with Crippen LogP contribution in [0.5, 0.6) is 0 Å². The van der Waals surface area contributed by atoms with Gasteiger partial charge in [0.2, 0.25) is 0 Å². The summed E-state index contributed by atoms with van der Waals surface area (Å²) in [7, 11) is 1.60. The van der Waals surface area contributed by atoms with E-state index in [2.05, 4.69) is 30.6 Å². The predicted octanol–water partition coefficient (Wildman–Crippen LogP) is 0.944. The highest BCUT2D eigenvalue weighted by atomic mass is 16.1. The number of fused-ring (bicyclic) bond motifs is 1. The molecule has 152 valence electrons. The number of carbonyl (C=O) groups is 1. The van der Waals surface area contributed by atoms with Gasteiger partial charge in [0.1, 0.15) is 17.0 Å². The summed E-state index contributed by atoms with van der Waals surface area (Å²) in [5.41, 5.74) is 4.44. The first-order chi connectivity index (χ1) is 14.0. The van der Waals surface area contributed by atoms with Gasteiger partial charge in [-0.25, -0.2) is 9.50 Å². The molecular formula is C20H25N7O2. The van der Waals surface area contributed by atoms with E-state index in [4.69, 9.17) is 0 Å². The van der Waals surface area contributed by atoms with Crippen LogP contribution in [0.1, 0.15) is 34.4 Å². The van der Waals surface area contributed by atoms with E-state index in [9.17, 15) is 9.59 Å². The number of nitrogens with zero attached hydrogens (tertiary/aromatic N) is 4. The normalized spacial score (nSPS) is 14.7. The van der Waals surface area contributed by atoms with E-state index in [1.54, 1.807) is 17.6 Å². The van der Waals surface area contributed by atoms with Gasteiger partial charge in [-0.1, -0.05) is 6.92 Å². The lowest BCUT2D eigenvalue weighted by Crippen LogP contribution is -2.54. The fourth-order valence-corrected chi connectivity index (χ4v) is 3.60. The van der Waals surface area contributed by atoms with Gasteiger partial charge >= 0.3 is 0 Å². The molecule has 9 nitrogen and oxygen atoms in total. The molecule has 0 atom stereocenters. The highest BCUT2D eigenvalue weighted by Gasteiger charge is 2.27. The van der Waals surface area contributed by atoms with E-state index < -0.39 is 0 Å². The number of H-pyrrole nitrogens is 1. The zero-order valence-corrected chi connectivity index (χ0v) is 16.8. The van der Waals surface area contributed by atoms with Gasteiger partial charge in [0, 0.05) is 32.9 Å².